The molecule has 0 aliphatic carbocycles. The second kappa shape index (κ2) is 8.45. The van der Waals surface area contributed by atoms with E-state index in [1.807, 2.05) is 24.3 Å². The quantitative estimate of drug-likeness (QED) is 0.722. The average Bonchev–Trinajstić information content (AvgIpc) is 2.58. The highest BCUT2D eigenvalue weighted by Crippen LogP contribution is 2.27. The molecule has 4 N–H and O–H groups in total. The third-order valence-corrected chi connectivity index (χ3v) is 4.04. The lowest BCUT2D eigenvalue weighted by molar-refractivity contribution is 0.158. The smallest absolute Gasteiger partial charge is 0.129 e. The third-order valence-electron chi connectivity index (χ3n) is 4.04. The van der Waals surface area contributed by atoms with Crippen LogP contribution in [0.1, 0.15) is 20.8 Å². The van der Waals surface area contributed by atoms with E-state index in [4.69, 9.17) is 20.9 Å². The third kappa shape index (κ3) is 4.80. The Morgan fingerprint density at radius 3 is 2.04 bits per heavy atom. The van der Waals surface area contributed by atoms with Gasteiger partial charge in [0.25, 0.3) is 0 Å². The molecule has 0 aliphatic rings. The van der Waals surface area contributed by atoms with Crippen LogP contribution in [0.3, 0.4) is 0 Å². The molecule has 2 aromatic carbocycles. The van der Waals surface area contributed by atoms with Crippen LogP contribution in [0, 0.1) is 0 Å². The van der Waals surface area contributed by atoms with Crippen LogP contribution < -0.4 is 20.9 Å². The van der Waals surface area contributed by atoms with Gasteiger partial charge in [-0.15, -0.1) is 0 Å². The Morgan fingerprint density at radius 1 is 0.875 bits per heavy atom. The first kappa shape index (κ1) is 17.9. The number of benzene rings is 2. The maximum Gasteiger partial charge on any atom is 0.129 e. The fourth-order valence-electron chi connectivity index (χ4n) is 2.53. The summed E-state index contributed by atoms with van der Waals surface area (Å²) in [6.07, 6.45) is 0. The molecule has 0 heterocycles. The molecule has 24 heavy (non-hydrogen) atoms. The van der Waals surface area contributed by atoms with Crippen LogP contribution in [0.15, 0.2) is 42.5 Å². The highest BCUT2D eigenvalue weighted by molar-refractivity contribution is 5.65. The molecule has 0 aromatic heterocycles. The molecule has 5 heteroatoms. The van der Waals surface area contributed by atoms with Gasteiger partial charge in [0.2, 0.25) is 0 Å². The van der Waals surface area contributed by atoms with Gasteiger partial charge in [0, 0.05) is 12.1 Å². The van der Waals surface area contributed by atoms with E-state index in [0.29, 0.717) is 29.8 Å². The number of rotatable bonds is 8. The molecule has 0 radical (unpaired) electrons. The minimum absolute atomic E-state index is 0.383. The van der Waals surface area contributed by atoms with Gasteiger partial charge in [-0.25, -0.2) is 0 Å². The SMILES string of the molecule is CCN(CC)C(C)COc1ccc(Oc2ccc(N)c(N)c2)cc1. The fraction of sp³-hybridized carbons (Fsp3) is 0.368. The molecule has 0 aliphatic heterocycles. The molecule has 2 rings (SSSR count). The molecule has 0 fully saturated rings. The molecular weight excluding hydrogens is 302 g/mol. The zero-order valence-corrected chi connectivity index (χ0v) is 14.7. The summed E-state index contributed by atoms with van der Waals surface area (Å²) in [5, 5.41) is 0. The Labute approximate surface area is 144 Å². The number of hydrogen-bond acceptors (Lipinski definition) is 5. The van der Waals surface area contributed by atoms with Crippen molar-refractivity contribution in [2.45, 2.75) is 26.8 Å². The zero-order valence-electron chi connectivity index (χ0n) is 14.7. The normalized spacial score (nSPS) is 12.2. The lowest BCUT2D eigenvalue weighted by Crippen LogP contribution is -2.36. The van der Waals surface area contributed by atoms with Gasteiger partial charge in [0.15, 0.2) is 0 Å². The lowest BCUT2D eigenvalue weighted by Gasteiger charge is -2.26. The molecule has 5 nitrogen and oxygen atoms in total. The molecule has 0 saturated heterocycles. The predicted molar refractivity (Wildman–Crippen MR) is 99.7 cm³/mol. The fourth-order valence-corrected chi connectivity index (χ4v) is 2.53. The van der Waals surface area contributed by atoms with Crippen molar-refractivity contribution in [3.8, 4) is 17.2 Å². The number of ether oxygens (including phenoxy) is 2. The first-order valence-electron chi connectivity index (χ1n) is 8.33. The minimum Gasteiger partial charge on any atom is -0.492 e. The average molecular weight is 329 g/mol. The summed E-state index contributed by atoms with van der Waals surface area (Å²) < 4.78 is 11.6. The van der Waals surface area contributed by atoms with Crippen LogP contribution in [-0.2, 0) is 0 Å². The van der Waals surface area contributed by atoms with Gasteiger partial charge in [0.1, 0.15) is 23.9 Å². The molecule has 0 bridgehead atoms. The highest BCUT2D eigenvalue weighted by Gasteiger charge is 2.10. The Bertz CT molecular complexity index is 640. The summed E-state index contributed by atoms with van der Waals surface area (Å²) in [6, 6.07) is 13.2. The molecule has 0 amide bonds. The van der Waals surface area contributed by atoms with Crippen LogP contribution in [0.25, 0.3) is 0 Å². The first-order chi connectivity index (χ1) is 11.5. The van der Waals surface area contributed by atoms with E-state index >= 15 is 0 Å². The first-order valence-corrected chi connectivity index (χ1v) is 8.33. The number of likely N-dealkylation sites (N-methyl/N-ethyl adjacent to an activating group) is 1. The van der Waals surface area contributed by atoms with Gasteiger partial charge in [-0.3, -0.25) is 4.90 Å². The van der Waals surface area contributed by atoms with Crippen molar-refractivity contribution in [1.82, 2.24) is 4.90 Å². The van der Waals surface area contributed by atoms with Gasteiger partial charge < -0.3 is 20.9 Å². The topological polar surface area (TPSA) is 73.7 Å². The van der Waals surface area contributed by atoms with E-state index in [-0.39, 0.29) is 0 Å². The Hall–Kier alpha value is -2.40. The molecule has 1 unspecified atom stereocenters. The Morgan fingerprint density at radius 2 is 1.46 bits per heavy atom. The second-order valence-electron chi connectivity index (χ2n) is 5.75. The molecule has 1 atom stereocenters. The van der Waals surface area contributed by atoms with E-state index < -0.39 is 0 Å². The van der Waals surface area contributed by atoms with Crippen LogP contribution in [0.5, 0.6) is 17.2 Å². The van der Waals surface area contributed by atoms with Crippen molar-refractivity contribution >= 4 is 11.4 Å². The van der Waals surface area contributed by atoms with Crippen molar-refractivity contribution in [2.75, 3.05) is 31.2 Å². The maximum atomic E-state index is 5.86. The second-order valence-corrected chi connectivity index (χ2v) is 5.75. The van der Waals surface area contributed by atoms with Gasteiger partial charge in [-0.1, -0.05) is 13.8 Å². The van der Waals surface area contributed by atoms with Gasteiger partial charge in [0.05, 0.1) is 11.4 Å². The largest absolute Gasteiger partial charge is 0.492 e. The van der Waals surface area contributed by atoms with E-state index in [1.165, 1.54) is 0 Å². The maximum absolute atomic E-state index is 5.86. The summed E-state index contributed by atoms with van der Waals surface area (Å²) >= 11 is 0. The summed E-state index contributed by atoms with van der Waals surface area (Å²) in [5.74, 6) is 2.21. The van der Waals surface area contributed by atoms with Crippen molar-refractivity contribution < 1.29 is 9.47 Å². The van der Waals surface area contributed by atoms with E-state index in [9.17, 15) is 0 Å². The number of nitrogen functional groups attached to an aromatic ring is 2. The molecule has 130 valence electrons. The Kier molecular flexibility index (Phi) is 6.32. The van der Waals surface area contributed by atoms with Crippen molar-refractivity contribution in [2.24, 2.45) is 0 Å². The van der Waals surface area contributed by atoms with Crippen LogP contribution in [0.2, 0.25) is 0 Å². The van der Waals surface area contributed by atoms with Crippen molar-refractivity contribution in [3.05, 3.63) is 42.5 Å². The number of nitrogens with zero attached hydrogens (tertiary/aromatic N) is 1. The van der Waals surface area contributed by atoms with E-state index in [0.717, 1.165) is 24.6 Å². The predicted octanol–water partition coefficient (Wildman–Crippen LogP) is 3.75. The van der Waals surface area contributed by atoms with Gasteiger partial charge in [-0.2, -0.15) is 0 Å². The summed E-state index contributed by atoms with van der Waals surface area (Å²) in [7, 11) is 0. The zero-order chi connectivity index (χ0) is 17.5. The number of hydrogen-bond donors (Lipinski definition) is 2. The highest BCUT2D eigenvalue weighted by atomic mass is 16.5. The standard InChI is InChI=1S/C19H27N3O2/c1-4-22(5-2)14(3)13-23-15-6-8-16(9-7-15)24-17-10-11-18(20)19(21)12-17/h6-12,14H,4-5,13,20-21H2,1-3H3. The van der Waals surface area contributed by atoms with Crippen molar-refractivity contribution in [3.63, 3.8) is 0 Å². The van der Waals surface area contributed by atoms with Gasteiger partial charge >= 0.3 is 0 Å². The van der Waals surface area contributed by atoms with E-state index in [2.05, 4.69) is 25.7 Å². The van der Waals surface area contributed by atoms with Crippen LogP contribution in [0.4, 0.5) is 11.4 Å². The lowest BCUT2D eigenvalue weighted by atomic mass is 10.2. The Balaban J connectivity index is 1.91. The number of anilines is 2. The molecular formula is C19H27N3O2. The van der Waals surface area contributed by atoms with Crippen LogP contribution in [-0.4, -0.2) is 30.6 Å². The van der Waals surface area contributed by atoms with Gasteiger partial charge in [-0.05, 0) is 56.4 Å². The molecule has 0 spiro atoms. The minimum atomic E-state index is 0.383. The summed E-state index contributed by atoms with van der Waals surface area (Å²) in [6.45, 7) is 9.22. The van der Waals surface area contributed by atoms with E-state index in [1.54, 1.807) is 18.2 Å². The van der Waals surface area contributed by atoms with Crippen LogP contribution >= 0.6 is 0 Å². The monoisotopic (exact) mass is 329 g/mol. The summed E-state index contributed by atoms with van der Waals surface area (Å²) in [4.78, 5) is 2.36. The molecule has 0 saturated carbocycles. The molecule has 2 aromatic rings. The van der Waals surface area contributed by atoms with Crippen molar-refractivity contribution in [1.29, 1.82) is 0 Å². The summed E-state index contributed by atoms with van der Waals surface area (Å²) in [5.41, 5.74) is 12.5. The number of nitrogens with two attached hydrogens (primary N) is 2.